The molecule has 0 bridgehead atoms. The number of nitrogens with one attached hydrogen (secondary N) is 1. The topological polar surface area (TPSA) is 62.1 Å². The monoisotopic (exact) mass is 259 g/mol. The number of benzene rings is 1. The van der Waals surface area contributed by atoms with Gasteiger partial charge >= 0.3 is 0 Å². The molecule has 0 aliphatic heterocycles. The number of H-pyrrole nitrogens is 1. The summed E-state index contributed by atoms with van der Waals surface area (Å²) in [5.41, 5.74) is 8.10. The molecule has 4 nitrogen and oxygen atoms in total. The Hall–Kier alpha value is -1.97. The van der Waals surface area contributed by atoms with Gasteiger partial charge in [-0.3, -0.25) is 4.79 Å². The van der Waals surface area contributed by atoms with E-state index in [9.17, 15) is 4.79 Å². The minimum Gasteiger partial charge on any atom is -0.399 e. The molecule has 0 saturated carbocycles. The Morgan fingerprint density at radius 2 is 2.16 bits per heavy atom. The molecule has 0 spiro atoms. The summed E-state index contributed by atoms with van der Waals surface area (Å²) >= 11 is 0. The van der Waals surface area contributed by atoms with E-state index < -0.39 is 0 Å². The number of unbranched alkanes of at least 4 members (excludes halogenated alkanes) is 2. The molecule has 1 aromatic carbocycles. The molecule has 0 saturated heterocycles. The van der Waals surface area contributed by atoms with E-state index >= 15 is 0 Å². The lowest BCUT2D eigenvalue weighted by Crippen LogP contribution is -2.27. The van der Waals surface area contributed by atoms with Gasteiger partial charge in [0.15, 0.2) is 0 Å². The molecule has 0 aliphatic rings. The number of hydrogen-bond donors (Lipinski definition) is 2. The minimum absolute atomic E-state index is 0.0490. The Balaban J connectivity index is 2.19. The van der Waals surface area contributed by atoms with Crippen molar-refractivity contribution in [3.05, 3.63) is 30.0 Å². The summed E-state index contributed by atoms with van der Waals surface area (Å²) in [5, 5.41) is 0.896. The molecule has 19 heavy (non-hydrogen) atoms. The third-order valence-electron chi connectivity index (χ3n) is 3.38. The van der Waals surface area contributed by atoms with Crippen LogP contribution in [0.1, 0.15) is 36.5 Å². The van der Waals surface area contributed by atoms with Crippen LogP contribution in [0.5, 0.6) is 0 Å². The fourth-order valence-corrected chi connectivity index (χ4v) is 2.22. The first-order valence-corrected chi connectivity index (χ1v) is 6.75. The molecule has 0 atom stereocenters. The van der Waals surface area contributed by atoms with Gasteiger partial charge in [-0.05, 0) is 24.6 Å². The van der Waals surface area contributed by atoms with Gasteiger partial charge in [-0.2, -0.15) is 0 Å². The van der Waals surface area contributed by atoms with Crippen LogP contribution >= 0.6 is 0 Å². The molecule has 2 rings (SSSR count). The maximum Gasteiger partial charge on any atom is 0.255 e. The van der Waals surface area contributed by atoms with Crippen LogP contribution in [0.25, 0.3) is 10.9 Å². The lowest BCUT2D eigenvalue weighted by molar-refractivity contribution is 0.0794. The van der Waals surface area contributed by atoms with E-state index in [1.807, 2.05) is 25.2 Å². The average Bonchev–Trinajstić information content (AvgIpc) is 2.80. The lowest BCUT2D eigenvalue weighted by Gasteiger charge is -2.16. The number of rotatable bonds is 5. The zero-order valence-corrected chi connectivity index (χ0v) is 11.6. The first kappa shape index (κ1) is 13.5. The minimum atomic E-state index is 0.0490. The van der Waals surface area contributed by atoms with Crippen molar-refractivity contribution in [2.45, 2.75) is 26.2 Å². The van der Waals surface area contributed by atoms with Gasteiger partial charge in [-0.25, -0.2) is 0 Å². The van der Waals surface area contributed by atoms with Crippen molar-refractivity contribution in [1.82, 2.24) is 9.88 Å². The fourth-order valence-electron chi connectivity index (χ4n) is 2.22. The van der Waals surface area contributed by atoms with Gasteiger partial charge in [0.1, 0.15) is 0 Å². The summed E-state index contributed by atoms with van der Waals surface area (Å²) < 4.78 is 0. The number of anilines is 1. The zero-order valence-electron chi connectivity index (χ0n) is 11.6. The molecule has 1 heterocycles. The largest absolute Gasteiger partial charge is 0.399 e. The van der Waals surface area contributed by atoms with Crippen LogP contribution < -0.4 is 5.73 Å². The summed E-state index contributed by atoms with van der Waals surface area (Å²) in [6, 6.07) is 5.58. The Kier molecular flexibility index (Phi) is 4.10. The molecule has 1 aromatic heterocycles. The standard InChI is InChI=1S/C15H21N3O/c1-3-4-5-8-18(2)15(19)13-10-17-14-7-6-11(16)9-12(13)14/h6-7,9-10,17H,3-5,8,16H2,1-2H3. The third kappa shape index (κ3) is 2.89. The molecule has 2 aromatic rings. The molecule has 4 heteroatoms. The molecule has 0 radical (unpaired) electrons. The number of fused-ring (bicyclic) bond motifs is 1. The van der Waals surface area contributed by atoms with Crippen molar-refractivity contribution in [2.75, 3.05) is 19.3 Å². The normalized spacial score (nSPS) is 10.8. The van der Waals surface area contributed by atoms with E-state index in [0.717, 1.165) is 36.7 Å². The fraction of sp³-hybridized carbons (Fsp3) is 0.400. The molecule has 1 amide bonds. The van der Waals surface area contributed by atoms with Crippen molar-refractivity contribution in [3.8, 4) is 0 Å². The molecule has 0 fully saturated rings. The Morgan fingerprint density at radius 1 is 1.37 bits per heavy atom. The van der Waals surface area contributed by atoms with Crippen LogP contribution in [-0.4, -0.2) is 29.4 Å². The number of aromatic amines is 1. The Bertz CT molecular complexity index is 574. The second kappa shape index (κ2) is 5.78. The molecule has 0 aliphatic carbocycles. The SMILES string of the molecule is CCCCCN(C)C(=O)c1c[nH]c2ccc(N)cc12. The predicted octanol–water partition coefficient (Wildman–Crippen LogP) is 3.01. The van der Waals surface area contributed by atoms with Crippen molar-refractivity contribution in [2.24, 2.45) is 0 Å². The number of carbonyl (C=O) groups is 1. The highest BCUT2D eigenvalue weighted by atomic mass is 16.2. The van der Waals surface area contributed by atoms with E-state index in [-0.39, 0.29) is 5.91 Å². The Morgan fingerprint density at radius 3 is 2.89 bits per heavy atom. The summed E-state index contributed by atoms with van der Waals surface area (Å²) in [7, 11) is 1.85. The predicted molar refractivity (Wildman–Crippen MR) is 79.2 cm³/mol. The van der Waals surface area contributed by atoms with Gasteiger partial charge in [0.2, 0.25) is 0 Å². The van der Waals surface area contributed by atoms with Crippen LogP contribution in [0.2, 0.25) is 0 Å². The Labute approximate surface area is 113 Å². The number of aromatic nitrogens is 1. The molecule has 0 unspecified atom stereocenters. The number of nitrogens with zero attached hydrogens (tertiary/aromatic N) is 1. The summed E-state index contributed by atoms with van der Waals surface area (Å²) in [5.74, 6) is 0.0490. The van der Waals surface area contributed by atoms with Crippen LogP contribution in [0, 0.1) is 0 Å². The van der Waals surface area contributed by atoms with Gasteiger partial charge < -0.3 is 15.6 Å². The quantitative estimate of drug-likeness (QED) is 0.640. The lowest BCUT2D eigenvalue weighted by atomic mass is 10.1. The van der Waals surface area contributed by atoms with Crippen LogP contribution in [-0.2, 0) is 0 Å². The van der Waals surface area contributed by atoms with Crippen LogP contribution in [0.3, 0.4) is 0 Å². The van der Waals surface area contributed by atoms with E-state index in [1.54, 1.807) is 11.1 Å². The van der Waals surface area contributed by atoms with Crippen LogP contribution in [0.15, 0.2) is 24.4 Å². The molecule has 102 valence electrons. The summed E-state index contributed by atoms with van der Waals surface area (Å²) in [6.07, 6.45) is 5.12. The van der Waals surface area contributed by atoms with Gasteiger partial charge in [0.25, 0.3) is 5.91 Å². The van der Waals surface area contributed by atoms with Gasteiger partial charge in [0, 0.05) is 36.4 Å². The van der Waals surface area contributed by atoms with Gasteiger partial charge in [-0.1, -0.05) is 19.8 Å². The average molecular weight is 259 g/mol. The number of carbonyl (C=O) groups excluding carboxylic acids is 1. The maximum absolute atomic E-state index is 12.4. The second-order valence-corrected chi connectivity index (χ2v) is 4.94. The number of amides is 1. The van der Waals surface area contributed by atoms with Crippen molar-refractivity contribution < 1.29 is 4.79 Å². The van der Waals surface area contributed by atoms with Gasteiger partial charge in [0.05, 0.1) is 5.56 Å². The van der Waals surface area contributed by atoms with Crippen molar-refractivity contribution in [1.29, 1.82) is 0 Å². The zero-order chi connectivity index (χ0) is 13.8. The summed E-state index contributed by atoms with van der Waals surface area (Å²) in [4.78, 5) is 17.3. The van der Waals surface area contributed by atoms with E-state index in [2.05, 4.69) is 11.9 Å². The van der Waals surface area contributed by atoms with Crippen LogP contribution in [0.4, 0.5) is 5.69 Å². The maximum atomic E-state index is 12.4. The molecule has 3 N–H and O–H groups in total. The van der Waals surface area contributed by atoms with E-state index in [0.29, 0.717) is 11.3 Å². The third-order valence-corrected chi connectivity index (χ3v) is 3.38. The van der Waals surface area contributed by atoms with Gasteiger partial charge in [-0.15, -0.1) is 0 Å². The molecular weight excluding hydrogens is 238 g/mol. The summed E-state index contributed by atoms with van der Waals surface area (Å²) in [6.45, 7) is 2.95. The number of hydrogen-bond acceptors (Lipinski definition) is 2. The molecular formula is C15H21N3O. The first-order valence-electron chi connectivity index (χ1n) is 6.75. The highest BCUT2D eigenvalue weighted by molar-refractivity contribution is 6.07. The number of nitrogens with two attached hydrogens (primary N) is 1. The van der Waals surface area contributed by atoms with Crippen molar-refractivity contribution in [3.63, 3.8) is 0 Å². The first-order chi connectivity index (χ1) is 9.13. The smallest absolute Gasteiger partial charge is 0.255 e. The second-order valence-electron chi connectivity index (χ2n) is 4.94. The highest BCUT2D eigenvalue weighted by Crippen LogP contribution is 2.22. The van der Waals surface area contributed by atoms with E-state index in [1.165, 1.54) is 0 Å². The van der Waals surface area contributed by atoms with E-state index in [4.69, 9.17) is 5.73 Å². The van der Waals surface area contributed by atoms with Crippen molar-refractivity contribution >= 4 is 22.5 Å². The highest BCUT2D eigenvalue weighted by Gasteiger charge is 2.15. The number of nitrogen functional groups attached to an aromatic ring is 1.